The van der Waals surface area contributed by atoms with Crippen molar-refractivity contribution < 1.29 is 4.79 Å². The highest BCUT2D eigenvalue weighted by Gasteiger charge is 2.42. The average molecular weight is 403 g/mol. The molecule has 0 aliphatic heterocycles. The van der Waals surface area contributed by atoms with Crippen molar-refractivity contribution in [2.24, 2.45) is 17.8 Å². The van der Waals surface area contributed by atoms with E-state index < -0.39 is 0 Å². The first-order valence-electron chi connectivity index (χ1n) is 9.67. The van der Waals surface area contributed by atoms with Gasteiger partial charge >= 0.3 is 0 Å². The van der Waals surface area contributed by atoms with Gasteiger partial charge < -0.3 is 10.6 Å². The van der Waals surface area contributed by atoms with Gasteiger partial charge in [-0.2, -0.15) is 0 Å². The number of amides is 1. The molecule has 0 spiro atoms. The standard InChI is InChI=1S/C20H26N4OS2/c1-12-5-3-4-6-17(12)22-19-23-24-20(27-19)26-11-18(25)21-13(2)16-10-14-7-8-15(16)9-14/h3-6,13-16H,7-11H2,1-2H3,(H,21,25)(H,22,23)/t13-,14+,15-,16+/m0/s1. The Balaban J connectivity index is 1.25. The summed E-state index contributed by atoms with van der Waals surface area (Å²) in [5.74, 6) is 2.90. The maximum absolute atomic E-state index is 12.3. The van der Waals surface area contributed by atoms with E-state index in [-0.39, 0.29) is 11.9 Å². The monoisotopic (exact) mass is 402 g/mol. The molecule has 2 aliphatic carbocycles. The van der Waals surface area contributed by atoms with Crippen molar-refractivity contribution in [2.75, 3.05) is 11.1 Å². The van der Waals surface area contributed by atoms with Crippen molar-refractivity contribution in [1.29, 1.82) is 0 Å². The van der Waals surface area contributed by atoms with Crippen molar-refractivity contribution in [3.63, 3.8) is 0 Å². The highest BCUT2D eigenvalue weighted by atomic mass is 32.2. The van der Waals surface area contributed by atoms with Crippen LogP contribution in [0.25, 0.3) is 0 Å². The predicted molar refractivity (Wildman–Crippen MR) is 112 cm³/mol. The van der Waals surface area contributed by atoms with Gasteiger partial charge in [-0.25, -0.2) is 0 Å². The fourth-order valence-electron chi connectivity index (χ4n) is 4.58. The van der Waals surface area contributed by atoms with Crippen LogP contribution in [-0.4, -0.2) is 27.9 Å². The molecule has 4 rings (SSSR count). The maximum atomic E-state index is 12.3. The van der Waals surface area contributed by atoms with Gasteiger partial charge in [0.25, 0.3) is 0 Å². The molecule has 2 saturated carbocycles. The summed E-state index contributed by atoms with van der Waals surface area (Å²) >= 11 is 2.94. The first kappa shape index (κ1) is 18.7. The molecule has 2 N–H and O–H groups in total. The molecule has 0 saturated heterocycles. The van der Waals surface area contributed by atoms with Gasteiger partial charge in [0, 0.05) is 11.7 Å². The zero-order chi connectivity index (χ0) is 18.8. The summed E-state index contributed by atoms with van der Waals surface area (Å²) in [6, 6.07) is 8.36. The number of nitrogens with one attached hydrogen (secondary N) is 2. The highest BCUT2D eigenvalue weighted by Crippen LogP contribution is 2.49. The Morgan fingerprint density at radius 2 is 2.15 bits per heavy atom. The number of aryl methyl sites for hydroxylation is 1. The average Bonchev–Trinajstić information content (AvgIpc) is 3.39. The zero-order valence-electron chi connectivity index (χ0n) is 15.8. The van der Waals surface area contributed by atoms with Crippen LogP contribution in [0.1, 0.15) is 38.2 Å². The molecule has 2 aromatic rings. The second-order valence-corrected chi connectivity index (χ2v) is 10.00. The van der Waals surface area contributed by atoms with E-state index in [1.807, 2.05) is 18.2 Å². The van der Waals surface area contributed by atoms with Gasteiger partial charge in [-0.3, -0.25) is 4.79 Å². The van der Waals surface area contributed by atoms with Crippen molar-refractivity contribution >= 4 is 39.8 Å². The molecule has 27 heavy (non-hydrogen) atoms. The van der Waals surface area contributed by atoms with Gasteiger partial charge in [0.2, 0.25) is 11.0 Å². The Hall–Kier alpha value is -1.60. The van der Waals surface area contributed by atoms with Crippen LogP contribution in [0, 0.1) is 24.7 Å². The SMILES string of the molecule is Cc1ccccc1Nc1nnc(SCC(=O)N[C@@H](C)[C@H]2C[C@@H]3CC[C@H]2C3)s1. The van der Waals surface area contributed by atoms with Crippen LogP contribution in [0.3, 0.4) is 0 Å². The maximum Gasteiger partial charge on any atom is 0.230 e. The molecule has 1 amide bonds. The molecule has 1 heterocycles. The summed E-state index contributed by atoms with van der Waals surface area (Å²) in [6.45, 7) is 4.23. The molecule has 5 nitrogen and oxygen atoms in total. The van der Waals surface area contributed by atoms with Gasteiger partial charge in [-0.15, -0.1) is 10.2 Å². The Morgan fingerprint density at radius 3 is 2.89 bits per heavy atom. The first-order chi connectivity index (χ1) is 13.1. The normalized spacial score (nSPS) is 24.7. The van der Waals surface area contributed by atoms with E-state index in [0.29, 0.717) is 11.7 Å². The van der Waals surface area contributed by atoms with Gasteiger partial charge in [0.05, 0.1) is 5.75 Å². The van der Waals surface area contributed by atoms with Crippen LogP contribution >= 0.6 is 23.1 Å². The minimum atomic E-state index is 0.0962. The van der Waals surface area contributed by atoms with Crippen molar-refractivity contribution in [3.05, 3.63) is 29.8 Å². The zero-order valence-corrected chi connectivity index (χ0v) is 17.4. The van der Waals surface area contributed by atoms with E-state index in [0.717, 1.165) is 32.6 Å². The van der Waals surface area contributed by atoms with Gasteiger partial charge in [0.1, 0.15) is 0 Å². The van der Waals surface area contributed by atoms with E-state index in [1.165, 1.54) is 48.8 Å². The summed E-state index contributed by atoms with van der Waals surface area (Å²) in [5.41, 5.74) is 2.19. The number of aromatic nitrogens is 2. The van der Waals surface area contributed by atoms with E-state index in [2.05, 4.69) is 40.7 Å². The van der Waals surface area contributed by atoms with Crippen molar-refractivity contribution in [3.8, 4) is 0 Å². The molecule has 7 heteroatoms. The quantitative estimate of drug-likeness (QED) is 0.661. The number of carbonyl (C=O) groups excluding carboxylic acids is 1. The third kappa shape index (κ3) is 4.46. The Labute approximate surface area is 168 Å². The number of para-hydroxylation sites is 1. The minimum absolute atomic E-state index is 0.0962. The molecular formula is C20H26N4OS2. The van der Waals surface area contributed by atoms with E-state index in [1.54, 1.807) is 0 Å². The smallest absolute Gasteiger partial charge is 0.230 e. The molecule has 0 radical (unpaired) electrons. The van der Waals surface area contributed by atoms with Gasteiger partial charge in [-0.05, 0) is 62.5 Å². The molecule has 4 atom stereocenters. The molecule has 2 aliphatic rings. The topological polar surface area (TPSA) is 66.9 Å². The molecule has 1 aromatic carbocycles. The lowest BCUT2D eigenvalue weighted by Gasteiger charge is -2.28. The Bertz CT molecular complexity index is 809. The van der Waals surface area contributed by atoms with Crippen LogP contribution in [0.15, 0.2) is 28.6 Å². The first-order valence-corrected chi connectivity index (χ1v) is 11.5. The van der Waals surface area contributed by atoms with Crippen LogP contribution < -0.4 is 10.6 Å². The fourth-order valence-corrected chi connectivity index (χ4v) is 6.16. The van der Waals surface area contributed by atoms with Crippen LogP contribution in [-0.2, 0) is 4.79 Å². The van der Waals surface area contributed by atoms with Gasteiger partial charge in [0.15, 0.2) is 4.34 Å². The molecule has 0 unspecified atom stereocenters. The third-order valence-corrected chi connectivity index (χ3v) is 7.92. The molecule has 2 bridgehead atoms. The highest BCUT2D eigenvalue weighted by molar-refractivity contribution is 8.01. The predicted octanol–water partition coefficient (Wildman–Crippen LogP) is 4.62. The lowest BCUT2D eigenvalue weighted by atomic mass is 9.84. The molecular weight excluding hydrogens is 376 g/mol. The number of hydrogen-bond donors (Lipinski definition) is 2. The van der Waals surface area contributed by atoms with Gasteiger partial charge in [-0.1, -0.05) is 47.7 Å². The number of carbonyl (C=O) groups is 1. The van der Waals surface area contributed by atoms with Crippen molar-refractivity contribution in [1.82, 2.24) is 15.5 Å². The van der Waals surface area contributed by atoms with Crippen molar-refractivity contribution in [2.45, 2.75) is 49.9 Å². The van der Waals surface area contributed by atoms with Crippen LogP contribution in [0.2, 0.25) is 0 Å². The number of fused-ring (bicyclic) bond motifs is 2. The fraction of sp³-hybridized carbons (Fsp3) is 0.550. The summed E-state index contributed by atoms with van der Waals surface area (Å²) in [4.78, 5) is 12.3. The number of hydrogen-bond acceptors (Lipinski definition) is 6. The third-order valence-electron chi connectivity index (χ3n) is 5.94. The number of thioether (sulfide) groups is 1. The number of benzene rings is 1. The largest absolute Gasteiger partial charge is 0.353 e. The number of nitrogens with zero attached hydrogens (tertiary/aromatic N) is 2. The molecule has 2 fully saturated rings. The number of anilines is 2. The second-order valence-electron chi connectivity index (χ2n) is 7.80. The Morgan fingerprint density at radius 1 is 1.30 bits per heavy atom. The summed E-state index contributed by atoms with van der Waals surface area (Å²) in [7, 11) is 0. The van der Waals surface area contributed by atoms with E-state index in [9.17, 15) is 4.79 Å². The minimum Gasteiger partial charge on any atom is -0.353 e. The summed E-state index contributed by atoms with van der Waals surface area (Å²) in [6.07, 6.45) is 5.42. The van der Waals surface area contributed by atoms with Crippen LogP contribution in [0.4, 0.5) is 10.8 Å². The summed E-state index contributed by atoms with van der Waals surface area (Å²) < 4.78 is 0.814. The Kier molecular flexibility index (Phi) is 5.68. The van der Waals surface area contributed by atoms with E-state index in [4.69, 9.17) is 0 Å². The second kappa shape index (κ2) is 8.19. The van der Waals surface area contributed by atoms with E-state index >= 15 is 0 Å². The van der Waals surface area contributed by atoms with Crippen LogP contribution in [0.5, 0.6) is 0 Å². The molecule has 1 aromatic heterocycles. The lowest BCUT2D eigenvalue weighted by Crippen LogP contribution is -2.40. The lowest BCUT2D eigenvalue weighted by molar-refractivity contribution is -0.119. The summed E-state index contributed by atoms with van der Waals surface area (Å²) in [5, 5.41) is 15.6. The molecule has 144 valence electrons. The number of rotatable bonds is 7.